The van der Waals surface area contributed by atoms with E-state index in [4.69, 9.17) is 23.7 Å². The second kappa shape index (κ2) is 16.7. The van der Waals surface area contributed by atoms with Gasteiger partial charge in [0, 0.05) is 22.3 Å². The summed E-state index contributed by atoms with van der Waals surface area (Å²) in [6.45, 7) is 0.256. The SMILES string of the molecule is O=[N+]([O-])c1cc2c(Nc3cccc(Br)c3)ncnc2cc1OCCOCCOCCOCCOc1cc(C(F)(F)F)cc(C(F)(F)F)c1. The van der Waals surface area contributed by atoms with Gasteiger partial charge in [0.1, 0.15) is 31.1 Å². The summed E-state index contributed by atoms with van der Waals surface area (Å²) in [6, 6.07) is 11.1. The lowest BCUT2D eigenvalue weighted by Gasteiger charge is -2.15. The second-order valence-electron chi connectivity index (χ2n) is 9.73. The van der Waals surface area contributed by atoms with E-state index in [0.717, 1.165) is 10.2 Å². The number of nitrogens with one attached hydrogen (secondary N) is 1. The van der Waals surface area contributed by atoms with Crippen molar-refractivity contribution in [2.75, 3.05) is 58.2 Å². The van der Waals surface area contributed by atoms with Crippen LogP contribution < -0.4 is 14.8 Å². The van der Waals surface area contributed by atoms with Crippen LogP contribution >= 0.6 is 15.9 Å². The number of nitro groups is 1. The van der Waals surface area contributed by atoms with Crippen molar-refractivity contribution in [3.8, 4) is 11.5 Å². The molecule has 0 amide bonds. The summed E-state index contributed by atoms with van der Waals surface area (Å²) in [6.07, 6.45) is -8.61. The third-order valence-corrected chi connectivity index (χ3v) is 6.78. The van der Waals surface area contributed by atoms with Gasteiger partial charge in [0.2, 0.25) is 0 Å². The second-order valence-corrected chi connectivity index (χ2v) is 10.6. The third-order valence-electron chi connectivity index (χ3n) is 6.29. The van der Waals surface area contributed by atoms with Gasteiger partial charge in [-0.1, -0.05) is 22.0 Å². The van der Waals surface area contributed by atoms with Crippen molar-refractivity contribution in [1.82, 2.24) is 9.97 Å². The molecule has 11 nitrogen and oxygen atoms in total. The summed E-state index contributed by atoms with van der Waals surface area (Å²) in [4.78, 5) is 19.6. The number of hydrogen-bond donors (Lipinski definition) is 1. The maximum absolute atomic E-state index is 12.9. The predicted octanol–water partition coefficient (Wildman–Crippen LogP) is 7.59. The lowest BCUT2D eigenvalue weighted by Crippen LogP contribution is -2.15. The summed E-state index contributed by atoms with van der Waals surface area (Å²) >= 11 is 3.39. The number of fused-ring (bicyclic) bond motifs is 1. The van der Waals surface area contributed by atoms with Gasteiger partial charge in [-0.25, -0.2) is 9.97 Å². The minimum Gasteiger partial charge on any atom is -0.491 e. The molecule has 3 aromatic carbocycles. The van der Waals surface area contributed by atoms with Crippen molar-refractivity contribution in [2.24, 2.45) is 0 Å². The molecule has 4 rings (SSSR count). The molecule has 0 unspecified atom stereocenters. The van der Waals surface area contributed by atoms with Crippen LogP contribution in [0, 0.1) is 10.1 Å². The quantitative estimate of drug-likeness (QED) is 0.0500. The zero-order valence-electron chi connectivity index (χ0n) is 24.8. The molecule has 1 N–H and O–H groups in total. The average Bonchev–Trinajstić information content (AvgIpc) is 3.02. The molecule has 0 radical (unpaired) electrons. The highest BCUT2D eigenvalue weighted by molar-refractivity contribution is 9.10. The molecule has 4 aromatic rings. The highest BCUT2D eigenvalue weighted by Crippen LogP contribution is 2.38. The first-order valence-corrected chi connectivity index (χ1v) is 14.8. The van der Waals surface area contributed by atoms with Crippen LogP contribution in [0.3, 0.4) is 0 Å². The first-order chi connectivity index (χ1) is 22.8. The Bertz CT molecular complexity index is 1660. The van der Waals surface area contributed by atoms with Gasteiger partial charge in [0.15, 0.2) is 5.75 Å². The molecule has 18 heteroatoms. The summed E-state index contributed by atoms with van der Waals surface area (Å²) in [7, 11) is 0. The van der Waals surface area contributed by atoms with E-state index in [1.807, 2.05) is 24.3 Å². The molecule has 0 aliphatic carbocycles. The Morgan fingerprint density at radius 1 is 0.750 bits per heavy atom. The number of nitro benzene ring substituents is 1. The van der Waals surface area contributed by atoms with Crippen LogP contribution in [0.1, 0.15) is 11.1 Å². The van der Waals surface area contributed by atoms with Crippen LogP contribution in [0.4, 0.5) is 43.5 Å². The van der Waals surface area contributed by atoms with Gasteiger partial charge in [-0.3, -0.25) is 10.1 Å². The van der Waals surface area contributed by atoms with E-state index in [1.54, 1.807) is 0 Å². The number of rotatable bonds is 17. The fourth-order valence-corrected chi connectivity index (χ4v) is 4.51. The van der Waals surface area contributed by atoms with Crippen molar-refractivity contribution >= 4 is 44.0 Å². The topological polar surface area (TPSA) is 127 Å². The lowest BCUT2D eigenvalue weighted by molar-refractivity contribution is -0.385. The summed E-state index contributed by atoms with van der Waals surface area (Å²) < 4.78 is 105. The van der Waals surface area contributed by atoms with Gasteiger partial charge in [-0.05, 0) is 36.4 Å². The molecule has 0 saturated heterocycles. The molecule has 0 atom stereocenters. The monoisotopic (exact) mass is 748 g/mol. The molecule has 0 saturated carbocycles. The maximum atomic E-state index is 12.9. The standard InChI is InChI=1S/C30H27BrF6N4O7/c31-21-2-1-3-22(15-21)40-28-24-16-26(41(42)43)27(17-25(24)38-18-39-28)48-11-9-46-7-5-44-4-6-45-8-10-47-23-13-19(29(32,33)34)12-20(14-23)30(35,36)37/h1-3,12-18H,4-11H2,(H,38,39,40). The van der Waals surface area contributed by atoms with Crippen molar-refractivity contribution in [2.45, 2.75) is 12.4 Å². The van der Waals surface area contributed by atoms with Gasteiger partial charge >= 0.3 is 18.0 Å². The zero-order chi connectivity index (χ0) is 34.7. The molecule has 0 spiro atoms. The number of benzene rings is 3. The molecular weight excluding hydrogens is 722 g/mol. The molecule has 48 heavy (non-hydrogen) atoms. The van der Waals surface area contributed by atoms with Gasteiger partial charge < -0.3 is 29.0 Å². The number of hydrogen-bond acceptors (Lipinski definition) is 10. The van der Waals surface area contributed by atoms with Crippen LogP contribution in [-0.4, -0.2) is 67.7 Å². The van der Waals surface area contributed by atoms with E-state index >= 15 is 0 Å². The highest BCUT2D eigenvalue weighted by atomic mass is 79.9. The number of alkyl halides is 6. The third kappa shape index (κ3) is 10.9. The molecule has 0 fully saturated rings. The Balaban J connectivity index is 1.13. The molecule has 1 heterocycles. The number of anilines is 2. The van der Waals surface area contributed by atoms with Gasteiger partial charge in [0.05, 0.1) is 66.6 Å². The fourth-order valence-electron chi connectivity index (χ4n) is 4.11. The predicted molar refractivity (Wildman–Crippen MR) is 164 cm³/mol. The zero-order valence-corrected chi connectivity index (χ0v) is 26.4. The van der Waals surface area contributed by atoms with Crippen molar-refractivity contribution in [3.05, 3.63) is 86.6 Å². The van der Waals surface area contributed by atoms with Crippen LogP contribution in [0.15, 0.2) is 65.4 Å². The highest BCUT2D eigenvalue weighted by Gasteiger charge is 2.37. The van der Waals surface area contributed by atoms with Gasteiger partial charge in [-0.2, -0.15) is 26.3 Å². The van der Waals surface area contributed by atoms with Crippen LogP contribution in [0.2, 0.25) is 0 Å². The molecule has 0 aliphatic rings. The number of aromatic nitrogens is 2. The summed E-state index contributed by atoms with van der Waals surface area (Å²) in [5, 5.41) is 15.3. The van der Waals surface area contributed by atoms with Gasteiger partial charge in [-0.15, -0.1) is 0 Å². The summed E-state index contributed by atoms with van der Waals surface area (Å²) in [5.74, 6) is -0.191. The van der Waals surface area contributed by atoms with Crippen molar-refractivity contribution in [1.29, 1.82) is 0 Å². The maximum Gasteiger partial charge on any atom is 0.416 e. The Kier molecular flexibility index (Phi) is 12.7. The lowest BCUT2D eigenvalue weighted by atomic mass is 10.1. The Morgan fingerprint density at radius 3 is 1.90 bits per heavy atom. The van der Waals surface area contributed by atoms with E-state index in [-0.39, 0.29) is 70.4 Å². The van der Waals surface area contributed by atoms with Crippen LogP contribution in [0.25, 0.3) is 10.9 Å². The molecule has 0 aliphatic heterocycles. The minimum absolute atomic E-state index is 0.0000325. The molecule has 0 bridgehead atoms. The van der Waals surface area contributed by atoms with E-state index in [0.29, 0.717) is 28.9 Å². The first-order valence-electron chi connectivity index (χ1n) is 14.1. The largest absolute Gasteiger partial charge is 0.491 e. The average molecular weight is 749 g/mol. The van der Waals surface area contributed by atoms with Crippen molar-refractivity contribution in [3.63, 3.8) is 0 Å². The Hall–Kier alpha value is -4.26. The van der Waals surface area contributed by atoms with E-state index in [9.17, 15) is 36.5 Å². The fraction of sp³-hybridized carbons (Fsp3) is 0.333. The smallest absolute Gasteiger partial charge is 0.416 e. The van der Waals surface area contributed by atoms with Crippen LogP contribution in [0.5, 0.6) is 11.5 Å². The van der Waals surface area contributed by atoms with Crippen LogP contribution in [-0.2, 0) is 26.6 Å². The molecule has 258 valence electrons. The summed E-state index contributed by atoms with van der Waals surface area (Å²) in [5.41, 5.74) is -2.07. The normalized spacial score (nSPS) is 11.9. The number of halogens is 7. The minimum atomic E-state index is -4.97. The Labute approximate surface area is 277 Å². The van der Waals surface area contributed by atoms with Gasteiger partial charge in [0.25, 0.3) is 0 Å². The van der Waals surface area contributed by atoms with Crippen molar-refractivity contribution < 1.29 is 55.0 Å². The van der Waals surface area contributed by atoms with E-state index in [2.05, 4.69) is 31.2 Å². The van der Waals surface area contributed by atoms with E-state index < -0.39 is 34.2 Å². The number of nitrogens with zero attached hydrogens (tertiary/aromatic N) is 3. The molecule has 1 aromatic heterocycles. The van der Waals surface area contributed by atoms with E-state index in [1.165, 1.54) is 18.5 Å². The first kappa shape index (κ1) is 36.6. The number of ether oxygens (including phenoxy) is 5. The molecular formula is C30H27BrF6N4O7. The Morgan fingerprint density at radius 2 is 1.33 bits per heavy atom.